The van der Waals surface area contributed by atoms with Gasteiger partial charge in [0.05, 0.1) is 28.3 Å². The summed E-state index contributed by atoms with van der Waals surface area (Å²) in [5.41, 5.74) is 0.688. The Morgan fingerprint density at radius 3 is 2.62 bits per heavy atom. The van der Waals surface area contributed by atoms with Gasteiger partial charge >= 0.3 is 18.1 Å². The first-order valence-electron chi connectivity index (χ1n) is 10.5. The number of esters is 1. The first-order chi connectivity index (χ1) is 15.9. The zero-order valence-corrected chi connectivity index (χ0v) is 21.5. The topological polar surface area (TPSA) is 110 Å². The lowest BCUT2D eigenvalue weighted by atomic mass is 10.1. The number of anilines is 1. The van der Waals surface area contributed by atoms with Crippen molar-refractivity contribution in [1.82, 2.24) is 15.2 Å². The average molecular weight is 529 g/mol. The largest absolute Gasteiger partial charge is 0.461 e. The minimum Gasteiger partial charge on any atom is -0.461 e. The summed E-state index contributed by atoms with van der Waals surface area (Å²) in [5.74, 6) is -0.422. The Kier molecular flexibility index (Phi) is 8.27. The van der Waals surface area contributed by atoms with E-state index in [0.717, 1.165) is 5.56 Å². The van der Waals surface area contributed by atoms with E-state index in [0.29, 0.717) is 27.3 Å². The number of nitrogens with one attached hydrogen (secondary N) is 2. The highest BCUT2D eigenvalue weighted by Gasteiger charge is 2.41. The van der Waals surface area contributed by atoms with Gasteiger partial charge in [0.1, 0.15) is 11.7 Å². The molecular formula is C22H26Cl2N4O5S. The summed E-state index contributed by atoms with van der Waals surface area (Å²) in [4.78, 5) is 42.5. The van der Waals surface area contributed by atoms with Crippen LogP contribution >= 0.6 is 34.5 Å². The first-order valence-corrected chi connectivity index (χ1v) is 12.2. The highest BCUT2D eigenvalue weighted by atomic mass is 35.5. The van der Waals surface area contributed by atoms with Crippen LogP contribution in [-0.2, 0) is 20.8 Å². The van der Waals surface area contributed by atoms with Crippen LogP contribution in [0, 0.1) is 0 Å². The molecule has 0 bridgehead atoms. The molecule has 0 radical (unpaired) electrons. The second kappa shape index (κ2) is 10.8. The molecule has 1 unspecified atom stereocenters. The van der Waals surface area contributed by atoms with Crippen LogP contribution in [0.25, 0.3) is 0 Å². The fourth-order valence-electron chi connectivity index (χ4n) is 3.39. The number of urea groups is 1. The molecule has 1 fully saturated rings. The molecule has 2 atom stereocenters. The number of nitrogens with zero attached hydrogens (tertiary/aromatic N) is 2. The number of thiazole rings is 1. The van der Waals surface area contributed by atoms with Crippen molar-refractivity contribution < 1.29 is 23.9 Å². The number of halogens is 2. The van der Waals surface area contributed by atoms with E-state index in [4.69, 9.17) is 32.7 Å². The lowest BCUT2D eigenvalue weighted by Crippen LogP contribution is -2.37. The summed E-state index contributed by atoms with van der Waals surface area (Å²) in [7, 11) is 0. The standard InChI is InChI=1S/C22H26Cl2N4O5S/c1-12(29)32-14-8-18(28(10-14)21(31)33-22(2,3)4)17-11-34-20(26-17)27-19(30)25-9-13-5-6-15(23)16(24)7-13/h5-7,11,14,18H,8-10H2,1-4H3,(H2,25,26,27,30)/t14?,18-/m1/s1. The maximum atomic E-state index is 12.8. The minimum atomic E-state index is -0.678. The Morgan fingerprint density at radius 1 is 1.24 bits per heavy atom. The molecule has 0 spiro atoms. The van der Waals surface area contributed by atoms with Crippen LogP contribution in [0.1, 0.15) is 51.4 Å². The molecule has 1 saturated heterocycles. The van der Waals surface area contributed by atoms with Crippen molar-refractivity contribution in [3.8, 4) is 0 Å². The van der Waals surface area contributed by atoms with Gasteiger partial charge in [-0.15, -0.1) is 11.3 Å². The Morgan fingerprint density at radius 2 is 1.97 bits per heavy atom. The van der Waals surface area contributed by atoms with Crippen LogP contribution in [0.3, 0.4) is 0 Å². The summed E-state index contributed by atoms with van der Waals surface area (Å²) >= 11 is 13.1. The number of amides is 3. The van der Waals surface area contributed by atoms with Crippen molar-refractivity contribution in [3.05, 3.63) is 44.9 Å². The Labute approximate surface area is 211 Å². The van der Waals surface area contributed by atoms with Gasteiger partial charge in [-0.2, -0.15) is 0 Å². The predicted octanol–water partition coefficient (Wildman–Crippen LogP) is 5.39. The predicted molar refractivity (Wildman–Crippen MR) is 130 cm³/mol. The molecule has 184 valence electrons. The van der Waals surface area contributed by atoms with Crippen molar-refractivity contribution >= 4 is 57.8 Å². The quantitative estimate of drug-likeness (QED) is 0.503. The second-order valence-corrected chi connectivity index (χ2v) is 10.4. The monoisotopic (exact) mass is 528 g/mol. The molecule has 2 aromatic rings. The van der Waals surface area contributed by atoms with Crippen molar-refractivity contribution in [2.75, 3.05) is 11.9 Å². The normalized spacial score (nSPS) is 17.9. The van der Waals surface area contributed by atoms with Crippen LogP contribution in [0.15, 0.2) is 23.6 Å². The van der Waals surface area contributed by atoms with Crippen molar-refractivity contribution in [1.29, 1.82) is 0 Å². The highest BCUT2D eigenvalue weighted by molar-refractivity contribution is 7.13. The Bertz CT molecular complexity index is 1070. The van der Waals surface area contributed by atoms with Gasteiger partial charge in [-0.3, -0.25) is 15.0 Å². The molecule has 1 aliphatic heterocycles. The smallest absolute Gasteiger partial charge is 0.410 e. The number of carbonyl (C=O) groups is 3. The van der Waals surface area contributed by atoms with E-state index in [-0.39, 0.29) is 13.1 Å². The fraction of sp³-hybridized carbons (Fsp3) is 0.455. The molecule has 2 heterocycles. The summed E-state index contributed by atoms with van der Waals surface area (Å²) < 4.78 is 10.8. The Hall–Kier alpha value is -2.56. The minimum absolute atomic E-state index is 0.198. The van der Waals surface area contributed by atoms with Crippen LogP contribution in [0.2, 0.25) is 10.0 Å². The van der Waals surface area contributed by atoms with Gasteiger partial charge in [0, 0.05) is 25.3 Å². The van der Waals surface area contributed by atoms with Gasteiger partial charge in [0.25, 0.3) is 0 Å². The molecule has 9 nitrogen and oxygen atoms in total. The zero-order chi connectivity index (χ0) is 25.0. The SMILES string of the molecule is CC(=O)OC1C[C@H](c2csc(NC(=O)NCc3ccc(Cl)c(Cl)c3)n2)N(C(=O)OC(C)(C)C)C1. The molecule has 1 aromatic carbocycles. The van der Waals surface area contributed by atoms with Crippen molar-refractivity contribution in [2.24, 2.45) is 0 Å². The van der Waals surface area contributed by atoms with Crippen LogP contribution in [0.4, 0.5) is 14.7 Å². The molecule has 0 aliphatic carbocycles. The molecule has 3 amide bonds. The first kappa shape index (κ1) is 26.1. The zero-order valence-electron chi connectivity index (χ0n) is 19.2. The number of benzene rings is 1. The van der Waals surface area contributed by atoms with E-state index < -0.39 is 35.8 Å². The number of aromatic nitrogens is 1. The maximum Gasteiger partial charge on any atom is 0.410 e. The van der Waals surface area contributed by atoms with Gasteiger partial charge in [0.15, 0.2) is 5.13 Å². The van der Waals surface area contributed by atoms with Crippen molar-refractivity contribution in [2.45, 2.75) is 58.4 Å². The van der Waals surface area contributed by atoms with Gasteiger partial charge < -0.3 is 14.8 Å². The summed E-state index contributed by atoms with van der Waals surface area (Å²) in [6.45, 7) is 7.11. The van der Waals surface area contributed by atoms with Crippen LogP contribution < -0.4 is 10.6 Å². The van der Waals surface area contributed by atoms with E-state index in [1.54, 1.807) is 44.4 Å². The molecule has 3 rings (SSSR count). The third-order valence-electron chi connectivity index (χ3n) is 4.74. The lowest BCUT2D eigenvalue weighted by molar-refractivity contribution is -0.145. The van der Waals surface area contributed by atoms with Gasteiger partial charge in [-0.1, -0.05) is 29.3 Å². The van der Waals surface area contributed by atoms with E-state index >= 15 is 0 Å². The number of ether oxygens (including phenoxy) is 2. The van der Waals surface area contributed by atoms with E-state index in [1.807, 2.05) is 0 Å². The number of rotatable bonds is 5. The molecule has 12 heteroatoms. The lowest BCUT2D eigenvalue weighted by Gasteiger charge is -2.27. The highest BCUT2D eigenvalue weighted by Crippen LogP contribution is 2.36. The van der Waals surface area contributed by atoms with Crippen molar-refractivity contribution in [3.63, 3.8) is 0 Å². The van der Waals surface area contributed by atoms with E-state index in [9.17, 15) is 14.4 Å². The molecule has 34 heavy (non-hydrogen) atoms. The van der Waals surface area contributed by atoms with Gasteiger partial charge in [-0.05, 0) is 38.5 Å². The number of hydrogen-bond donors (Lipinski definition) is 2. The fourth-order valence-corrected chi connectivity index (χ4v) is 4.46. The summed E-state index contributed by atoms with van der Waals surface area (Å²) in [6, 6.07) is 4.20. The van der Waals surface area contributed by atoms with Crippen LogP contribution in [0.5, 0.6) is 0 Å². The molecule has 1 aliphatic rings. The molecule has 0 saturated carbocycles. The van der Waals surface area contributed by atoms with E-state index in [1.165, 1.54) is 23.2 Å². The number of likely N-dealkylation sites (tertiary alicyclic amines) is 1. The van der Waals surface area contributed by atoms with Gasteiger partial charge in [-0.25, -0.2) is 14.6 Å². The average Bonchev–Trinajstić information content (AvgIpc) is 3.34. The van der Waals surface area contributed by atoms with E-state index in [2.05, 4.69) is 15.6 Å². The number of carbonyl (C=O) groups excluding carboxylic acids is 3. The Balaban J connectivity index is 1.65. The third-order valence-corrected chi connectivity index (χ3v) is 6.26. The molecule has 2 N–H and O–H groups in total. The number of hydrogen-bond acceptors (Lipinski definition) is 7. The third kappa shape index (κ3) is 7.22. The second-order valence-electron chi connectivity index (χ2n) is 8.75. The molecule has 1 aromatic heterocycles. The molecular weight excluding hydrogens is 503 g/mol. The maximum absolute atomic E-state index is 12.8. The summed E-state index contributed by atoms with van der Waals surface area (Å²) in [5, 5.41) is 8.38. The van der Waals surface area contributed by atoms with Gasteiger partial charge in [0.2, 0.25) is 0 Å². The summed E-state index contributed by atoms with van der Waals surface area (Å²) in [6.07, 6.45) is -0.609. The van der Waals surface area contributed by atoms with Crippen LogP contribution in [-0.4, -0.2) is 46.2 Å².